The second-order valence-electron chi connectivity index (χ2n) is 19.9. The Bertz CT molecular complexity index is 2960. The number of carboxylic acid groups (broad SMARTS) is 1. The quantitative estimate of drug-likeness (QED) is 0.123. The minimum Gasteiger partial charge on any atom is -0.493 e. The van der Waals surface area contributed by atoms with Crippen molar-refractivity contribution in [1.29, 1.82) is 0 Å². The van der Waals surface area contributed by atoms with Crippen LogP contribution in [0.2, 0.25) is 10.0 Å². The van der Waals surface area contributed by atoms with Gasteiger partial charge in [-0.05, 0) is 105 Å². The maximum atomic E-state index is 15.9. The van der Waals surface area contributed by atoms with Crippen molar-refractivity contribution in [2.75, 3.05) is 79.4 Å². The van der Waals surface area contributed by atoms with Crippen molar-refractivity contribution >= 4 is 50.7 Å². The zero-order chi connectivity index (χ0) is 52.2. The van der Waals surface area contributed by atoms with Gasteiger partial charge in [-0.3, -0.25) is 4.90 Å². The molecule has 1 N–H and O–H groups in total. The van der Waals surface area contributed by atoms with Crippen LogP contribution in [0.3, 0.4) is 0 Å². The summed E-state index contributed by atoms with van der Waals surface area (Å²) in [6.45, 7) is 9.98. The molecular weight excluding hydrogens is 1030 g/mol. The number of aromatic nitrogens is 4. The molecule has 4 bridgehead atoms. The normalized spacial score (nSPS) is 22.9. The van der Waals surface area contributed by atoms with E-state index in [1.165, 1.54) is 29.8 Å². The number of thiophene rings is 1. The van der Waals surface area contributed by atoms with Crippen molar-refractivity contribution in [3.8, 4) is 44.7 Å². The molecule has 6 aromatic rings. The number of carbonyl (C=O) groups is 1. The van der Waals surface area contributed by atoms with Gasteiger partial charge in [0, 0.05) is 73.7 Å². The smallest absolute Gasteiger partial charge is 0.345 e. The third kappa shape index (κ3) is 12.3. The summed E-state index contributed by atoms with van der Waals surface area (Å²) < 4.78 is 73.5. The Hall–Kier alpha value is -5.31. The number of ether oxygens (including phenoxy) is 7. The first kappa shape index (κ1) is 53.1. The number of carboxylic acids is 1. The number of hydrogen-bond acceptors (Lipinski definition) is 15. The first-order chi connectivity index (χ1) is 36.3. The summed E-state index contributed by atoms with van der Waals surface area (Å²) in [5.74, 6) is 0.145. The molecule has 7 heterocycles. The van der Waals surface area contributed by atoms with Crippen LogP contribution in [0.5, 0.6) is 23.1 Å². The van der Waals surface area contributed by atoms with Crippen LogP contribution in [0.25, 0.3) is 31.8 Å². The molecule has 1 aliphatic carbocycles. The molecule has 15 nitrogen and oxygen atoms in total. The molecule has 2 saturated heterocycles. The maximum Gasteiger partial charge on any atom is 0.345 e. The lowest BCUT2D eigenvalue weighted by Crippen LogP contribution is -2.48. The summed E-state index contributed by atoms with van der Waals surface area (Å²) in [5, 5.41) is 12.0. The Balaban J connectivity index is 0.962. The van der Waals surface area contributed by atoms with Crippen LogP contribution in [0.4, 0.5) is 8.78 Å². The Kier molecular flexibility index (Phi) is 16.6. The summed E-state index contributed by atoms with van der Waals surface area (Å²) in [5.41, 5.74) is 2.91. The van der Waals surface area contributed by atoms with Crippen LogP contribution in [-0.4, -0.2) is 144 Å². The zero-order valence-electron chi connectivity index (χ0n) is 42.1. The van der Waals surface area contributed by atoms with Gasteiger partial charge < -0.3 is 43.2 Å². The van der Waals surface area contributed by atoms with Crippen molar-refractivity contribution in [2.24, 2.45) is 0 Å². The highest BCUT2D eigenvalue weighted by atomic mass is 35.5. The van der Waals surface area contributed by atoms with E-state index in [-0.39, 0.29) is 50.8 Å². The number of fused-ring (bicyclic) bond motifs is 8. The Morgan fingerprint density at radius 1 is 0.920 bits per heavy atom. The summed E-state index contributed by atoms with van der Waals surface area (Å²) >= 11 is 16.0. The van der Waals surface area contributed by atoms with Crippen LogP contribution in [-0.2, 0) is 32.0 Å². The number of rotatable bonds is 12. The number of piperazine rings is 1. The van der Waals surface area contributed by atoms with Gasteiger partial charge in [0.1, 0.15) is 58.8 Å². The number of benzene rings is 3. The molecule has 0 unspecified atom stereocenters. The molecule has 3 aromatic heterocycles. The number of alkyl halides is 1. The number of likely N-dealkylation sites (N-methyl/N-ethyl adjacent to an activating group) is 1. The summed E-state index contributed by atoms with van der Waals surface area (Å²) in [6.07, 6.45) is 3.00. The number of nitrogens with zero attached hydrogens (tertiary/aromatic N) is 6. The number of hydrogen-bond donors (Lipinski definition) is 1. The highest BCUT2D eigenvalue weighted by Gasteiger charge is 2.38. The first-order valence-corrected chi connectivity index (χ1v) is 27.0. The Morgan fingerprint density at radius 2 is 1.69 bits per heavy atom. The largest absolute Gasteiger partial charge is 0.493 e. The fraction of sp³-hybridized carbons (Fsp3) is 0.473. The lowest BCUT2D eigenvalue weighted by atomic mass is 9.80. The van der Waals surface area contributed by atoms with Crippen LogP contribution in [0, 0.1) is 19.7 Å². The summed E-state index contributed by atoms with van der Waals surface area (Å²) in [4.78, 5) is 38.0. The molecule has 0 amide bonds. The SMILES string of the molecule is Cc1c(Cl)c2c(Cl)c(C)c1-c1c(-c3ccc(F)cc3)sc3ncnc(c13)O[C@@H](C(=O)O)Cc1cc(ccc1OCc1ccnc([C@H]3CC[C@](F)(COC[C@@H]4COCCO4)CC3)n1)OCC[C@@H](CN1CCN(C)CC1)O2. The van der Waals surface area contributed by atoms with E-state index in [1.54, 1.807) is 42.6 Å². The minimum atomic E-state index is -1.49. The Labute approximate surface area is 448 Å². The molecule has 75 heavy (non-hydrogen) atoms. The number of halogens is 4. The van der Waals surface area contributed by atoms with Crippen LogP contribution in [0.1, 0.15) is 66.2 Å². The molecular formula is C55H60Cl2F2N6O9S. The van der Waals surface area contributed by atoms with Gasteiger partial charge in [0.15, 0.2) is 5.75 Å². The second-order valence-corrected chi connectivity index (χ2v) is 21.6. The van der Waals surface area contributed by atoms with Gasteiger partial charge in [-0.2, -0.15) is 0 Å². The van der Waals surface area contributed by atoms with Crippen LogP contribution >= 0.6 is 34.5 Å². The lowest BCUT2D eigenvalue weighted by Gasteiger charge is -2.35. The van der Waals surface area contributed by atoms with E-state index < -0.39 is 29.7 Å². The van der Waals surface area contributed by atoms with Crippen molar-refractivity contribution in [3.05, 3.63) is 105 Å². The molecule has 0 spiro atoms. The first-order valence-electron chi connectivity index (χ1n) is 25.4. The highest BCUT2D eigenvalue weighted by molar-refractivity contribution is 7.22. The van der Waals surface area contributed by atoms with Gasteiger partial charge in [0.05, 0.1) is 60.8 Å². The molecule has 3 fully saturated rings. The van der Waals surface area contributed by atoms with Gasteiger partial charge in [0.2, 0.25) is 12.0 Å². The predicted molar refractivity (Wildman–Crippen MR) is 281 cm³/mol. The molecule has 20 heteroatoms. The van der Waals surface area contributed by atoms with E-state index in [0.29, 0.717) is 146 Å². The van der Waals surface area contributed by atoms with E-state index in [2.05, 4.69) is 31.8 Å². The van der Waals surface area contributed by atoms with E-state index in [1.807, 2.05) is 13.8 Å². The summed E-state index contributed by atoms with van der Waals surface area (Å²) in [7, 11) is 2.11. The molecule has 11 rings (SSSR count). The van der Waals surface area contributed by atoms with Crippen LogP contribution in [0.15, 0.2) is 61.1 Å². The topological polar surface area (TPSA) is 160 Å². The van der Waals surface area contributed by atoms with E-state index >= 15 is 4.39 Å². The molecule has 4 aliphatic heterocycles. The summed E-state index contributed by atoms with van der Waals surface area (Å²) in [6, 6.07) is 13.2. The molecule has 0 radical (unpaired) electrons. The van der Waals surface area contributed by atoms with Crippen molar-refractivity contribution in [3.63, 3.8) is 0 Å². The van der Waals surface area contributed by atoms with E-state index in [4.69, 9.17) is 61.3 Å². The average Bonchev–Trinajstić information content (AvgIpc) is 3.81. The molecule has 3 atom stereocenters. The molecule has 3 aromatic carbocycles. The Morgan fingerprint density at radius 3 is 2.43 bits per heavy atom. The van der Waals surface area contributed by atoms with Gasteiger partial charge >= 0.3 is 5.97 Å². The number of aliphatic carboxylic acids is 1. The zero-order valence-corrected chi connectivity index (χ0v) is 44.5. The van der Waals surface area contributed by atoms with Gasteiger partial charge in [-0.25, -0.2) is 33.5 Å². The van der Waals surface area contributed by atoms with Crippen LogP contribution < -0.4 is 18.9 Å². The molecule has 398 valence electrons. The van der Waals surface area contributed by atoms with Crippen molar-refractivity contribution in [2.45, 2.75) is 88.9 Å². The average molecular weight is 1090 g/mol. The highest BCUT2D eigenvalue weighted by Crippen LogP contribution is 2.53. The van der Waals surface area contributed by atoms with E-state index in [9.17, 15) is 14.3 Å². The molecule has 5 aliphatic rings. The van der Waals surface area contributed by atoms with Gasteiger partial charge in [-0.15, -0.1) is 11.3 Å². The van der Waals surface area contributed by atoms with Gasteiger partial charge in [0.25, 0.3) is 0 Å². The third-order valence-electron chi connectivity index (χ3n) is 14.5. The van der Waals surface area contributed by atoms with Crippen molar-refractivity contribution in [1.82, 2.24) is 29.7 Å². The lowest BCUT2D eigenvalue weighted by molar-refractivity contribution is -0.145. The maximum absolute atomic E-state index is 15.9. The third-order valence-corrected chi connectivity index (χ3v) is 16.6. The monoisotopic (exact) mass is 1090 g/mol. The fourth-order valence-electron chi connectivity index (χ4n) is 10.3. The fourth-order valence-corrected chi connectivity index (χ4v) is 11.9. The standard InChI is InChI=1S/C55H60Cl2F2N6O9S/c1-32-44-33(2)48(57)49(47(32)56)73-40(26-65-19-17-64(3)18-20-65)13-21-70-39-8-9-42(72-27-38-12-16-60-51(63-38)35-10-14-55(59,15-11-35)30-69-29-41-28-68-22-23-71-41)36(24-39)25-43(54(66)67)74-52-46-45(44)50(75-53(46)62-31-61-52)34-4-6-37(58)7-5-34/h4-9,12,16,24,31,35,40-41,43H,10-11,13-15,17-23,25-30H2,1-3H3,(H,66,67)/t35-,40-,41-,43+,55+/m0/s1. The van der Waals surface area contributed by atoms with Gasteiger partial charge in [-0.1, -0.05) is 35.3 Å². The van der Waals surface area contributed by atoms with E-state index in [0.717, 1.165) is 26.2 Å². The second kappa shape index (κ2) is 23.5. The predicted octanol–water partition coefficient (Wildman–Crippen LogP) is 10.1. The molecule has 1 saturated carbocycles. The minimum absolute atomic E-state index is 0.00464. The van der Waals surface area contributed by atoms with Crippen molar-refractivity contribution < 1.29 is 51.8 Å².